The molecule has 2 rings (SSSR count). The molecular formula is C12H14N4O3. The molecule has 1 unspecified atom stereocenters. The first kappa shape index (κ1) is 13.3. The lowest BCUT2D eigenvalue weighted by Gasteiger charge is -2.34. The smallest absolute Gasteiger partial charge is 0.270 e. The van der Waals surface area contributed by atoms with Crippen LogP contribution in [0.2, 0.25) is 0 Å². The summed E-state index contributed by atoms with van der Waals surface area (Å²) in [4.78, 5) is 12.2. The van der Waals surface area contributed by atoms with Crippen molar-refractivity contribution in [3.63, 3.8) is 0 Å². The molecule has 0 saturated carbocycles. The van der Waals surface area contributed by atoms with Gasteiger partial charge in [0.1, 0.15) is 6.07 Å². The lowest BCUT2D eigenvalue weighted by atomic mass is 10.1. The van der Waals surface area contributed by atoms with Gasteiger partial charge in [-0.25, -0.2) is 0 Å². The Hall–Kier alpha value is -2.17. The van der Waals surface area contributed by atoms with Gasteiger partial charge in [0, 0.05) is 31.8 Å². The third-order valence-corrected chi connectivity index (χ3v) is 3.05. The van der Waals surface area contributed by atoms with Crippen LogP contribution in [0.5, 0.6) is 0 Å². The van der Waals surface area contributed by atoms with Gasteiger partial charge in [0.25, 0.3) is 5.69 Å². The SMILES string of the molecule is N#Cc1cc([N+](=O)[O-])ccc1N1CCOC(CN)C1. The van der Waals surface area contributed by atoms with Crippen LogP contribution in [-0.2, 0) is 4.74 Å². The number of nitriles is 1. The number of nitro groups is 1. The standard InChI is InChI=1S/C12H14N4O3/c13-6-9-5-10(16(17)18)1-2-12(9)15-3-4-19-11(7-14)8-15/h1-2,5,11H,3-4,7-8,14H2. The third-order valence-electron chi connectivity index (χ3n) is 3.05. The molecule has 7 heteroatoms. The molecule has 1 atom stereocenters. The molecule has 0 spiro atoms. The maximum atomic E-state index is 10.7. The highest BCUT2D eigenvalue weighted by Gasteiger charge is 2.22. The number of nitrogens with two attached hydrogens (primary N) is 1. The Morgan fingerprint density at radius 1 is 1.63 bits per heavy atom. The number of benzene rings is 1. The molecule has 0 bridgehead atoms. The lowest BCUT2D eigenvalue weighted by Crippen LogP contribution is -2.45. The zero-order valence-corrected chi connectivity index (χ0v) is 10.3. The molecule has 0 radical (unpaired) electrons. The van der Waals surface area contributed by atoms with E-state index < -0.39 is 4.92 Å². The minimum atomic E-state index is -0.507. The van der Waals surface area contributed by atoms with Crippen LogP contribution in [0.1, 0.15) is 5.56 Å². The summed E-state index contributed by atoms with van der Waals surface area (Å²) in [6.45, 7) is 2.17. The van der Waals surface area contributed by atoms with Crippen molar-refractivity contribution in [3.8, 4) is 6.07 Å². The second-order valence-electron chi connectivity index (χ2n) is 4.24. The molecule has 1 aromatic rings. The van der Waals surface area contributed by atoms with Crippen molar-refractivity contribution in [2.75, 3.05) is 31.1 Å². The highest BCUT2D eigenvalue weighted by Crippen LogP contribution is 2.26. The number of nitro benzene ring substituents is 1. The van der Waals surface area contributed by atoms with Crippen molar-refractivity contribution in [2.45, 2.75) is 6.10 Å². The van der Waals surface area contributed by atoms with Crippen molar-refractivity contribution in [1.82, 2.24) is 0 Å². The predicted molar refractivity (Wildman–Crippen MR) is 68.8 cm³/mol. The van der Waals surface area contributed by atoms with Crippen LogP contribution in [-0.4, -0.2) is 37.3 Å². The van der Waals surface area contributed by atoms with Crippen LogP contribution in [0, 0.1) is 21.4 Å². The zero-order valence-electron chi connectivity index (χ0n) is 10.3. The normalized spacial score (nSPS) is 18.9. The van der Waals surface area contributed by atoms with Crippen molar-refractivity contribution in [2.24, 2.45) is 5.73 Å². The molecule has 1 fully saturated rings. The molecule has 7 nitrogen and oxygen atoms in total. The van der Waals surface area contributed by atoms with Crippen LogP contribution >= 0.6 is 0 Å². The highest BCUT2D eigenvalue weighted by atomic mass is 16.6. The van der Waals surface area contributed by atoms with E-state index in [1.165, 1.54) is 12.1 Å². The van der Waals surface area contributed by atoms with Crippen LogP contribution in [0.15, 0.2) is 18.2 Å². The number of hydrogen-bond donors (Lipinski definition) is 1. The summed E-state index contributed by atoms with van der Waals surface area (Å²) >= 11 is 0. The molecule has 100 valence electrons. The molecule has 0 aromatic heterocycles. The summed E-state index contributed by atoms with van der Waals surface area (Å²) < 4.78 is 5.46. The largest absolute Gasteiger partial charge is 0.373 e. The number of anilines is 1. The monoisotopic (exact) mass is 262 g/mol. The van der Waals surface area contributed by atoms with E-state index in [1.807, 2.05) is 11.0 Å². The Kier molecular flexibility index (Phi) is 3.94. The average molecular weight is 262 g/mol. The summed E-state index contributed by atoms with van der Waals surface area (Å²) in [5.41, 5.74) is 6.48. The van der Waals surface area contributed by atoms with Gasteiger partial charge in [-0.2, -0.15) is 5.26 Å². The van der Waals surface area contributed by atoms with Crippen molar-refractivity contribution < 1.29 is 9.66 Å². The Balaban J connectivity index is 2.29. The highest BCUT2D eigenvalue weighted by molar-refractivity contribution is 5.63. The van der Waals surface area contributed by atoms with Crippen molar-refractivity contribution in [3.05, 3.63) is 33.9 Å². The number of morpholine rings is 1. The fourth-order valence-electron chi connectivity index (χ4n) is 2.08. The number of rotatable bonds is 3. The van der Waals surface area contributed by atoms with E-state index in [9.17, 15) is 10.1 Å². The van der Waals surface area contributed by atoms with E-state index in [1.54, 1.807) is 6.07 Å². The number of ether oxygens (including phenoxy) is 1. The van der Waals surface area contributed by atoms with Gasteiger partial charge in [-0.3, -0.25) is 10.1 Å². The molecule has 0 aliphatic carbocycles. The Morgan fingerprint density at radius 3 is 3.05 bits per heavy atom. The maximum Gasteiger partial charge on any atom is 0.270 e. The van der Waals surface area contributed by atoms with Gasteiger partial charge in [-0.05, 0) is 6.07 Å². The Morgan fingerprint density at radius 2 is 2.42 bits per heavy atom. The van der Waals surface area contributed by atoms with E-state index in [-0.39, 0.29) is 11.8 Å². The van der Waals surface area contributed by atoms with Crippen molar-refractivity contribution in [1.29, 1.82) is 5.26 Å². The molecule has 1 saturated heterocycles. The second kappa shape index (κ2) is 5.65. The molecule has 1 aliphatic heterocycles. The van der Waals surface area contributed by atoms with Gasteiger partial charge < -0.3 is 15.4 Å². The molecule has 1 heterocycles. The van der Waals surface area contributed by atoms with Gasteiger partial charge in [0.2, 0.25) is 0 Å². The van der Waals surface area contributed by atoms with E-state index in [4.69, 9.17) is 15.7 Å². The molecular weight excluding hydrogens is 248 g/mol. The number of non-ortho nitro benzene ring substituents is 1. The maximum absolute atomic E-state index is 10.7. The van der Waals surface area contributed by atoms with Gasteiger partial charge >= 0.3 is 0 Å². The van der Waals surface area contributed by atoms with Crippen LogP contribution in [0.3, 0.4) is 0 Å². The third kappa shape index (κ3) is 2.81. The fourth-order valence-corrected chi connectivity index (χ4v) is 2.08. The first-order chi connectivity index (χ1) is 9.15. The van der Waals surface area contributed by atoms with Gasteiger partial charge in [-0.1, -0.05) is 0 Å². The number of nitrogens with zero attached hydrogens (tertiary/aromatic N) is 3. The second-order valence-corrected chi connectivity index (χ2v) is 4.24. The summed E-state index contributed by atoms with van der Waals surface area (Å²) in [7, 11) is 0. The van der Waals surface area contributed by atoms with Crippen LogP contribution < -0.4 is 10.6 Å². The fraction of sp³-hybridized carbons (Fsp3) is 0.417. The lowest BCUT2D eigenvalue weighted by molar-refractivity contribution is -0.384. The topological polar surface area (TPSA) is 105 Å². The average Bonchev–Trinajstić information content (AvgIpc) is 2.46. The molecule has 1 aliphatic rings. The summed E-state index contributed by atoms with van der Waals surface area (Å²) in [5.74, 6) is 0. The quantitative estimate of drug-likeness (QED) is 0.632. The van der Waals surface area contributed by atoms with E-state index >= 15 is 0 Å². The van der Waals surface area contributed by atoms with Gasteiger partial charge in [0.05, 0.1) is 28.9 Å². The van der Waals surface area contributed by atoms with Crippen LogP contribution in [0.25, 0.3) is 0 Å². The summed E-state index contributed by atoms with van der Waals surface area (Å²) in [5, 5.41) is 19.8. The van der Waals surface area contributed by atoms with E-state index in [0.29, 0.717) is 37.5 Å². The first-order valence-corrected chi connectivity index (χ1v) is 5.91. The molecule has 0 amide bonds. The van der Waals surface area contributed by atoms with E-state index in [2.05, 4.69) is 0 Å². The predicted octanol–water partition coefficient (Wildman–Crippen LogP) is 0.630. The van der Waals surface area contributed by atoms with Crippen molar-refractivity contribution >= 4 is 11.4 Å². The molecule has 1 aromatic carbocycles. The Labute approximate surface area is 110 Å². The minimum absolute atomic E-state index is 0.0736. The van der Waals surface area contributed by atoms with Gasteiger partial charge in [0.15, 0.2) is 0 Å². The van der Waals surface area contributed by atoms with E-state index in [0.717, 1.165) is 0 Å². The summed E-state index contributed by atoms with van der Waals surface area (Å²) in [6, 6.07) is 6.31. The first-order valence-electron chi connectivity index (χ1n) is 5.91. The molecule has 2 N–H and O–H groups in total. The van der Waals surface area contributed by atoms with Crippen LogP contribution in [0.4, 0.5) is 11.4 Å². The van der Waals surface area contributed by atoms with Gasteiger partial charge in [-0.15, -0.1) is 0 Å². The molecule has 19 heavy (non-hydrogen) atoms. The number of hydrogen-bond acceptors (Lipinski definition) is 6. The minimum Gasteiger partial charge on any atom is -0.373 e. The summed E-state index contributed by atoms with van der Waals surface area (Å²) in [6.07, 6.45) is -0.0736. The zero-order chi connectivity index (χ0) is 13.8. The Bertz CT molecular complexity index is 526.